The smallest absolute Gasteiger partial charge is 0.242 e. The third kappa shape index (κ3) is 8.32. The van der Waals surface area contributed by atoms with E-state index in [4.69, 9.17) is 11.6 Å². The fraction of sp³-hybridized carbons (Fsp3) is 0.391. The maximum atomic E-state index is 13.1. The second-order valence-corrected chi connectivity index (χ2v) is 10.9. The lowest BCUT2D eigenvalue weighted by Crippen LogP contribution is -2.47. The molecule has 0 aliphatic heterocycles. The summed E-state index contributed by atoms with van der Waals surface area (Å²) >= 11 is 9.41. The fourth-order valence-corrected chi connectivity index (χ4v) is 4.73. The molecule has 180 valence electrons. The van der Waals surface area contributed by atoms with E-state index in [1.54, 1.807) is 31.2 Å². The summed E-state index contributed by atoms with van der Waals surface area (Å²) in [5, 5.41) is 3.18. The Morgan fingerprint density at radius 1 is 1.15 bits per heavy atom. The molecule has 2 aromatic rings. The van der Waals surface area contributed by atoms with Crippen molar-refractivity contribution in [3.8, 4) is 0 Å². The van der Waals surface area contributed by atoms with E-state index in [1.165, 1.54) is 9.21 Å². The summed E-state index contributed by atoms with van der Waals surface area (Å²) in [4.78, 5) is 27.1. The average Bonchev–Trinajstić information content (AvgIpc) is 2.75. The number of carbonyl (C=O) groups is 2. The van der Waals surface area contributed by atoms with Crippen molar-refractivity contribution in [2.75, 3.05) is 23.7 Å². The summed E-state index contributed by atoms with van der Waals surface area (Å²) in [7, 11) is -3.56. The zero-order chi connectivity index (χ0) is 24.6. The van der Waals surface area contributed by atoms with Crippen LogP contribution in [0, 0.1) is 0 Å². The maximum Gasteiger partial charge on any atom is 0.242 e. The lowest BCUT2D eigenvalue weighted by atomic mass is 10.1. The van der Waals surface area contributed by atoms with E-state index in [2.05, 4.69) is 21.2 Å². The first-order valence-electron chi connectivity index (χ1n) is 10.6. The molecule has 2 amide bonds. The van der Waals surface area contributed by atoms with Gasteiger partial charge >= 0.3 is 0 Å². The standard InChI is InChI=1S/C23H29BrClN3O4S/c1-4-26-23(30)17(2)27(16-18-10-12-19(24)13-11-18)22(29)9-6-14-28(33(3,31)32)21-8-5-7-20(25)15-21/h5,7-8,10-13,15,17H,4,6,9,14,16H2,1-3H3,(H,26,30). The predicted octanol–water partition coefficient (Wildman–Crippen LogP) is 4.20. The highest BCUT2D eigenvalue weighted by Gasteiger charge is 2.26. The Morgan fingerprint density at radius 2 is 1.82 bits per heavy atom. The third-order valence-electron chi connectivity index (χ3n) is 5.03. The van der Waals surface area contributed by atoms with Gasteiger partial charge in [-0.1, -0.05) is 45.7 Å². The van der Waals surface area contributed by atoms with E-state index in [-0.39, 0.29) is 37.7 Å². The number of hydrogen-bond acceptors (Lipinski definition) is 4. The van der Waals surface area contributed by atoms with Gasteiger partial charge in [0.2, 0.25) is 21.8 Å². The Balaban J connectivity index is 2.14. The SMILES string of the molecule is CCNC(=O)C(C)N(Cc1ccc(Br)cc1)C(=O)CCCN(c1cccc(Cl)c1)S(C)(=O)=O. The molecule has 0 spiro atoms. The van der Waals surface area contributed by atoms with Gasteiger partial charge in [0.1, 0.15) is 6.04 Å². The van der Waals surface area contributed by atoms with Gasteiger partial charge in [0, 0.05) is 35.6 Å². The summed E-state index contributed by atoms with van der Waals surface area (Å²) in [5.74, 6) is -0.462. The number of benzene rings is 2. The van der Waals surface area contributed by atoms with Crippen LogP contribution in [0.3, 0.4) is 0 Å². The lowest BCUT2D eigenvalue weighted by molar-refractivity contribution is -0.140. The molecule has 0 fully saturated rings. The third-order valence-corrected chi connectivity index (χ3v) is 6.99. The molecule has 0 radical (unpaired) electrons. The first kappa shape index (κ1) is 27.1. The normalized spacial score (nSPS) is 12.2. The molecule has 0 aliphatic rings. The Hall–Kier alpha value is -2.10. The fourth-order valence-electron chi connectivity index (χ4n) is 3.33. The molecule has 0 saturated heterocycles. The molecule has 0 saturated carbocycles. The Labute approximate surface area is 209 Å². The number of carbonyl (C=O) groups excluding carboxylic acids is 2. The van der Waals surface area contributed by atoms with E-state index >= 15 is 0 Å². The van der Waals surface area contributed by atoms with Crippen molar-refractivity contribution < 1.29 is 18.0 Å². The van der Waals surface area contributed by atoms with Crippen molar-refractivity contribution in [2.24, 2.45) is 0 Å². The number of hydrogen-bond donors (Lipinski definition) is 1. The second-order valence-electron chi connectivity index (χ2n) is 7.64. The first-order chi connectivity index (χ1) is 15.5. The quantitative estimate of drug-likeness (QED) is 0.448. The number of amides is 2. The molecule has 2 aromatic carbocycles. The number of likely N-dealkylation sites (N-methyl/N-ethyl adjacent to an activating group) is 1. The molecular formula is C23H29BrClN3O4S. The minimum Gasteiger partial charge on any atom is -0.355 e. The van der Waals surface area contributed by atoms with Crippen LogP contribution in [0.2, 0.25) is 5.02 Å². The van der Waals surface area contributed by atoms with Gasteiger partial charge in [-0.05, 0) is 56.2 Å². The highest BCUT2D eigenvalue weighted by molar-refractivity contribution is 9.10. The Kier molecular flexibility index (Phi) is 10.2. The molecule has 33 heavy (non-hydrogen) atoms. The van der Waals surface area contributed by atoms with Crippen molar-refractivity contribution in [1.29, 1.82) is 0 Å². The van der Waals surface area contributed by atoms with Crippen molar-refractivity contribution in [1.82, 2.24) is 10.2 Å². The molecule has 7 nitrogen and oxygen atoms in total. The van der Waals surface area contributed by atoms with Crippen molar-refractivity contribution >= 4 is 55.1 Å². The van der Waals surface area contributed by atoms with Gasteiger partial charge in [-0.2, -0.15) is 0 Å². The van der Waals surface area contributed by atoms with E-state index in [1.807, 2.05) is 31.2 Å². The van der Waals surface area contributed by atoms with Crippen molar-refractivity contribution in [3.05, 3.63) is 63.6 Å². The number of halogens is 2. The number of anilines is 1. The molecular weight excluding hydrogens is 530 g/mol. The van der Waals surface area contributed by atoms with Gasteiger partial charge < -0.3 is 10.2 Å². The number of nitrogens with zero attached hydrogens (tertiary/aromatic N) is 2. The molecule has 1 unspecified atom stereocenters. The molecule has 0 bridgehead atoms. The Bertz CT molecular complexity index is 1060. The van der Waals surface area contributed by atoms with E-state index in [9.17, 15) is 18.0 Å². The minimum absolute atomic E-state index is 0.0901. The van der Waals surface area contributed by atoms with E-state index in [0.717, 1.165) is 16.3 Å². The van der Waals surface area contributed by atoms with E-state index in [0.29, 0.717) is 17.3 Å². The number of sulfonamides is 1. The molecule has 1 N–H and O–H groups in total. The molecule has 0 aromatic heterocycles. The van der Waals surface area contributed by atoms with Crippen LogP contribution in [0.15, 0.2) is 53.0 Å². The zero-order valence-electron chi connectivity index (χ0n) is 18.9. The number of nitrogens with one attached hydrogen (secondary N) is 1. The minimum atomic E-state index is -3.56. The van der Waals surface area contributed by atoms with Crippen LogP contribution < -0.4 is 9.62 Å². The largest absolute Gasteiger partial charge is 0.355 e. The van der Waals surface area contributed by atoms with Gasteiger partial charge in [-0.15, -0.1) is 0 Å². The summed E-state index contributed by atoms with van der Waals surface area (Å²) in [6.45, 7) is 4.37. The van der Waals surface area contributed by atoms with Gasteiger partial charge in [0.15, 0.2) is 0 Å². The average molecular weight is 559 g/mol. The summed E-state index contributed by atoms with van der Waals surface area (Å²) in [6, 6.07) is 13.4. The summed E-state index contributed by atoms with van der Waals surface area (Å²) < 4.78 is 26.8. The van der Waals surface area contributed by atoms with Crippen LogP contribution in [-0.2, 0) is 26.2 Å². The molecule has 2 rings (SSSR count). The van der Waals surface area contributed by atoms with Crippen LogP contribution in [-0.4, -0.2) is 50.5 Å². The highest BCUT2D eigenvalue weighted by Crippen LogP contribution is 2.23. The van der Waals surface area contributed by atoms with Crippen LogP contribution in [0.5, 0.6) is 0 Å². The first-order valence-corrected chi connectivity index (χ1v) is 13.6. The Morgan fingerprint density at radius 3 is 2.39 bits per heavy atom. The second kappa shape index (κ2) is 12.4. The van der Waals surface area contributed by atoms with Gasteiger partial charge in [-0.3, -0.25) is 13.9 Å². The van der Waals surface area contributed by atoms with Gasteiger partial charge in [-0.25, -0.2) is 8.42 Å². The topological polar surface area (TPSA) is 86.8 Å². The summed E-state index contributed by atoms with van der Waals surface area (Å²) in [5.41, 5.74) is 1.33. The highest BCUT2D eigenvalue weighted by atomic mass is 79.9. The van der Waals surface area contributed by atoms with Crippen LogP contribution >= 0.6 is 27.5 Å². The molecule has 0 heterocycles. The monoisotopic (exact) mass is 557 g/mol. The van der Waals surface area contributed by atoms with E-state index < -0.39 is 16.1 Å². The molecule has 10 heteroatoms. The van der Waals surface area contributed by atoms with Crippen LogP contribution in [0.4, 0.5) is 5.69 Å². The van der Waals surface area contributed by atoms with Crippen LogP contribution in [0.1, 0.15) is 32.3 Å². The zero-order valence-corrected chi connectivity index (χ0v) is 22.1. The molecule has 0 aliphatic carbocycles. The summed E-state index contributed by atoms with van der Waals surface area (Å²) in [6.07, 6.45) is 1.50. The maximum absolute atomic E-state index is 13.1. The van der Waals surface area contributed by atoms with Crippen LogP contribution in [0.25, 0.3) is 0 Å². The van der Waals surface area contributed by atoms with Crippen molar-refractivity contribution in [3.63, 3.8) is 0 Å². The van der Waals surface area contributed by atoms with Gasteiger partial charge in [0.25, 0.3) is 0 Å². The predicted molar refractivity (Wildman–Crippen MR) is 136 cm³/mol. The molecule has 1 atom stereocenters. The lowest BCUT2D eigenvalue weighted by Gasteiger charge is -2.29. The number of rotatable bonds is 11. The van der Waals surface area contributed by atoms with Crippen molar-refractivity contribution in [2.45, 2.75) is 39.3 Å². The van der Waals surface area contributed by atoms with Gasteiger partial charge in [0.05, 0.1) is 11.9 Å².